The third-order valence-electron chi connectivity index (χ3n) is 4.16. The second kappa shape index (κ2) is 7.08. The molecule has 2 heterocycles. The Morgan fingerprint density at radius 3 is 2.46 bits per heavy atom. The number of halogens is 1. The number of hydrogen-bond donors (Lipinski definition) is 2. The molecule has 2 aromatic heterocycles. The molecule has 8 nitrogen and oxygen atoms in total. The minimum Gasteiger partial charge on any atom is -0.392 e. The highest BCUT2D eigenvalue weighted by atomic mass is 79.9. The van der Waals surface area contributed by atoms with Gasteiger partial charge in [0.05, 0.1) is 12.6 Å². The molecule has 0 bridgehead atoms. The number of anilines is 1. The van der Waals surface area contributed by atoms with Gasteiger partial charge in [-0.25, -0.2) is 4.79 Å². The van der Waals surface area contributed by atoms with Crippen molar-refractivity contribution < 1.29 is 5.11 Å². The van der Waals surface area contributed by atoms with E-state index in [1.807, 2.05) is 24.3 Å². The van der Waals surface area contributed by atoms with Gasteiger partial charge in [0.15, 0.2) is 11.2 Å². The molecule has 0 unspecified atom stereocenters. The zero-order chi connectivity index (χ0) is 19.0. The van der Waals surface area contributed by atoms with Crippen LogP contribution in [0.1, 0.15) is 12.5 Å². The zero-order valence-corrected chi connectivity index (χ0v) is 16.3. The van der Waals surface area contributed by atoms with Gasteiger partial charge in [-0.05, 0) is 24.6 Å². The molecule has 1 atom stereocenters. The molecule has 0 saturated carbocycles. The Kier molecular flexibility index (Phi) is 5.01. The maximum Gasteiger partial charge on any atom is 0.332 e. The second-order valence-corrected chi connectivity index (χ2v) is 7.17. The fourth-order valence-electron chi connectivity index (χ4n) is 2.75. The molecule has 0 aliphatic heterocycles. The fraction of sp³-hybridized carbons (Fsp3) is 0.353. The number of benzene rings is 1. The molecule has 26 heavy (non-hydrogen) atoms. The minimum absolute atomic E-state index is 0.276. The summed E-state index contributed by atoms with van der Waals surface area (Å²) in [6.07, 6.45) is -0.581. The molecule has 1 aromatic carbocycles. The van der Waals surface area contributed by atoms with Crippen LogP contribution in [-0.2, 0) is 20.6 Å². The van der Waals surface area contributed by atoms with Crippen LogP contribution in [0.4, 0.5) is 5.95 Å². The standard InChI is InChI=1S/C17H20BrN5O3/c1-10(24)8-19-16-20-14-13(15(25)22(3)17(26)21(14)2)23(16)9-11-4-6-12(18)7-5-11/h4-7,10,24H,8-9H2,1-3H3,(H,19,20)/t10-/m0/s1. The zero-order valence-electron chi connectivity index (χ0n) is 14.7. The van der Waals surface area contributed by atoms with Crippen molar-refractivity contribution in [1.29, 1.82) is 0 Å². The Labute approximate surface area is 157 Å². The smallest absolute Gasteiger partial charge is 0.332 e. The van der Waals surface area contributed by atoms with Gasteiger partial charge in [-0.15, -0.1) is 0 Å². The predicted molar refractivity (Wildman–Crippen MR) is 104 cm³/mol. The highest BCUT2D eigenvalue weighted by Crippen LogP contribution is 2.19. The third-order valence-corrected chi connectivity index (χ3v) is 4.69. The van der Waals surface area contributed by atoms with E-state index >= 15 is 0 Å². The topological polar surface area (TPSA) is 94.1 Å². The van der Waals surface area contributed by atoms with Crippen molar-refractivity contribution in [3.8, 4) is 0 Å². The molecule has 0 aliphatic carbocycles. The van der Waals surface area contributed by atoms with E-state index in [1.54, 1.807) is 18.5 Å². The minimum atomic E-state index is -0.581. The molecule has 0 fully saturated rings. The molecule has 0 amide bonds. The summed E-state index contributed by atoms with van der Waals surface area (Å²) in [6, 6.07) is 7.73. The first-order valence-electron chi connectivity index (χ1n) is 8.12. The molecular weight excluding hydrogens is 402 g/mol. The number of hydrogen-bond acceptors (Lipinski definition) is 5. The van der Waals surface area contributed by atoms with Gasteiger partial charge in [-0.1, -0.05) is 28.1 Å². The van der Waals surface area contributed by atoms with Crippen molar-refractivity contribution in [3.05, 3.63) is 55.1 Å². The maximum absolute atomic E-state index is 12.7. The van der Waals surface area contributed by atoms with Crippen LogP contribution in [0.25, 0.3) is 11.2 Å². The largest absolute Gasteiger partial charge is 0.392 e. The van der Waals surface area contributed by atoms with Gasteiger partial charge in [-0.3, -0.25) is 18.5 Å². The van der Waals surface area contributed by atoms with Crippen molar-refractivity contribution in [2.24, 2.45) is 14.1 Å². The number of fused-ring (bicyclic) bond motifs is 1. The van der Waals surface area contributed by atoms with E-state index in [4.69, 9.17) is 0 Å². The van der Waals surface area contributed by atoms with Crippen LogP contribution in [0.3, 0.4) is 0 Å². The van der Waals surface area contributed by atoms with E-state index in [0.717, 1.165) is 14.6 Å². The quantitative estimate of drug-likeness (QED) is 0.641. The SMILES string of the molecule is C[C@H](O)CNc1nc2c(c(=O)n(C)c(=O)n2C)n1Cc1ccc(Br)cc1. The number of aliphatic hydroxyl groups is 1. The average molecular weight is 422 g/mol. The van der Waals surface area contributed by atoms with Gasteiger partial charge in [0.2, 0.25) is 5.95 Å². The van der Waals surface area contributed by atoms with Crippen LogP contribution in [0, 0.1) is 0 Å². The Balaban J connectivity index is 2.22. The van der Waals surface area contributed by atoms with Crippen LogP contribution in [0.5, 0.6) is 0 Å². The van der Waals surface area contributed by atoms with Crippen LogP contribution in [0.15, 0.2) is 38.3 Å². The highest BCUT2D eigenvalue weighted by molar-refractivity contribution is 9.10. The Bertz CT molecular complexity index is 1060. The van der Waals surface area contributed by atoms with Crippen molar-refractivity contribution in [1.82, 2.24) is 18.7 Å². The lowest BCUT2D eigenvalue weighted by molar-refractivity contribution is 0.208. The van der Waals surface area contributed by atoms with Crippen molar-refractivity contribution in [2.45, 2.75) is 19.6 Å². The third kappa shape index (κ3) is 3.32. The lowest BCUT2D eigenvalue weighted by Crippen LogP contribution is -2.37. The van der Waals surface area contributed by atoms with Crippen LogP contribution >= 0.6 is 15.9 Å². The van der Waals surface area contributed by atoms with E-state index in [1.165, 1.54) is 11.6 Å². The molecule has 0 saturated heterocycles. The molecule has 138 valence electrons. The van der Waals surface area contributed by atoms with Gasteiger partial charge in [-0.2, -0.15) is 4.98 Å². The molecule has 3 rings (SSSR count). The Morgan fingerprint density at radius 1 is 1.19 bits per heavy atom. The summed E-state index contributed by atoms with van der Waals surface area (Å²) in [7, 11) is 3.03. The number of rotatable bonds is 5. The molecular formula is C17H20BrN5O3. The average Bonchev–Trinajstić information content (AvgIpc) is 2.96. The number of aliphatic hydroxyl groups excluding tert-OH is 1. The fourth-order valence-corrected chi connectivity index (χ4v) is 3.01. The summed E-state index contributed by atoms with van der Waals surface area (Å²) in [5.41, 5.74) is 0.785. The normalized spacial score (nSPS) is 12.5. The van der Waals surface area contributed by atoms with Crippen molar-refractivity contribution in [3.63, 3.8) is 0 Å². The summed E-state index contributed by atoms with van der Waals surface area (Å²) in [5.74, 6) is 0.433. The number of nitrogens with zero attached hydrogens (tertiary/aromatic N) is 4. The molecule has 3 aromatic rings. The van der Waals surface area contributed by atoms with Gasteiger partial charge in [0.25, 0.3) is 5.56 Å². The lowest BCUT2D eigenvalue weighted by atomic mass is 10.2. The lowest BCUT2D eigenvalue weighted by Gasteiger charge is -2.12. The van der Waals surface area contributed by atoms with Gasteiger partial charge < -0.3 is 10.4 Å². The first-order valence-corrected chi connectivity index (χ1v) is 8.91. The summed E-state index contributed by atoms with van der Waals surface area (Å²) in [6.45, 7) is 2.33. The first kappa shape index (κ1) is 18.4. The van der Waals surface area contributed by atoms with E-state index in [9.17, 15) is 14.7 Å². The maximum atomic E-state index is 12.7. The second-order valence-electron chi connectivity index (χ2n) is 6.26. The van der Waals surface area contributed by atoms with E-state index < -0.39 is 17.4 Å². The molecule has 0 radical (unpaired) electrons. The summed E-state index contributed by atoms with van der Waals surface area (Å²) in [5, 5.41) is 12.6. The number of nitrogens with one attached hydrogen (secondary N) is 1. The van der Waals surface area contributed by atoms with E-state index in [2.05, 4.69) is 26.2 Å². The monoisotopic (exact) mass is 421 g/mol. The predicted octanol–water partition coefficient (Wildman–Crippen LogP) is 1.04. The number of aromatic nitrogens is 4. The van der Waals surface area contributed by atoms with E-state index in [-0.39, 0.29) is 6.54 Å². The number of aryl methyl sites for hydroxylation is 1. The Morgan fingerprint density at radius 2 is 1.85 bits per heavy atom. The van der Waals surface area contributed by atoms with Crippen LogP contribution in [-0.4, -0.2) is 36.4 Å². The van der Waals surface area contributed by atoms with Crippen LogP contribution < -0.4 is 16.6 Å². The molecule has 9 heteroatoms. The summed E-state index contributed by atoms with van der Waals surface area (Å²) in [4.78, 5) is 29.4. The highest BCUT2D eigenvalue weighted by Gasteiger charge is 2.19. The van der Waals surface area contributed by atoms with Crippen molar-refractivity contribution >= 4 is 33.0 Å². The molecule has 2 N–H and O–H groups in total. The van der Waals surface area contributed by atoms with Gasteiger partial charge >= 0.3 is 5.69 Å². The van der Waals surface area contributed by atoms with Crippen LogP contribution in [0.2, 0.25) is 0 Å². The molecule has 0 aliphatic rings. The Hall–Kier alpha value is -2.39. The molecule has 0 spiro atoms. The van der Waals surface area contributed by atoms with Gasteiger partial charge in [0, 0.05) is 25.1 Å². The summed E-state index contributed by atoms with van der Waals surface area (Å²) >= 11 is 3.41. The first-order chi connectivity index (χ1) is 12.3. The number of imidazole rings is 1. The van der Waals surface area contributed by atoms with Crippen molar-refractivity contribution in [2.75, 3.05) is 11.9 Å². The van der Waals surface area contributed by atoms with Gasteiger partial charge in [0.1, 0.15) is 0 Å². The van der Waals surface area contributed by atoms with E-state index in [0.29, 0.717) is 23.7 Å². The summed E-state index contributed by atoms with van der Waals surface area (Å²) < 4.78 is 5.12.